The highest BCUT2D eigenvalue weighted by Gasteiger charge is 2.54. The Morgan fingerprint density at radius 1 is 0.590 bits per heavy atom. The van der Waals surface area contributed by atoms with Crippen LogP contribution in [0.5, 0.6) is 0 Å². The lowest BCUT2D eigenvalue weighted by molar-refractivity contribution is 1.11. The van der Waals surface area contributed by atoms with Crippen LogP contribution in [0.1, 0.15) is 11.1 Å². The average molecular weight is 572 g/mol. The van der Waals surface area contributed by atoms with Crippen LogP contribution in [0.2, 0.25) is 74.5 Å². The topological polar surface area (TPSA) is 52.0 Å². The Bertz CT molecular complexity index is 1920. The van der Waals surface area contributed by atoms with Gasteiger partial charge in [0.15, 0.2) is 0 Å². The summed E-state index contributed by atoms with van der Waals surface area (Å²) < 4.78 is 2.52. The average Bonchev–Trinajstić information content (AvgIpc) is 3.46. The van der Waals surface area contributed by atoms with Crippen molar-refractivity contribution in [3.63, 3.8) is 0 Å². The Kier molecular flexibility index (Phi) is 4.01. The second-order valence-electron chi connectivity index (χ2n) is 14.6. The standard InChI is InChI=1S/C32H33N3Si4/c1-36-8-12-38(3,13-9-36)31-26-22-6-5-7-23-27-25(35(28(22)23)24(26)16-20(18-33)29(31)36)17-21(19-34)30-32(27)39(4)14-10-37(30,2)11-15-39/h5-7,16-17H,8-15H2,1-4H3. The van der Waals surface area contributed by atoms with Crippen molar-refractivity contribution in [2.75, 3.05) is 0 Å². The van der Waals surface area contributed by atoms with Gasteiger partial charge >= 0.3 is 0 Å². The Labute approximate surface area is 233 Å². The first-order chi connectivity index (χ1) is 18.7. The van der Waals surface area contributed by atoms with Gasteiger partial charge in [-0.25, -0.2) is 0 Å². The van der Waals surface area contributed by atoms with Crippen LogP contribution in [0.15, 0.2) is 30.3 Å². The van der Waals surface area contributed by atoms with Gasteiger partial charge in [0.2, 0.25) is 0 Å². The lowest BCUT2D eigenvalue weighted by Gasteiger charge is -2.50. The largest absolute Gasteiger partial charge is 0.308 e. The molecule has 2 saturated heterocycles. The number of fused-ring (bicyclic) bond motifs is 10. The molecule has 39 heavy (non-hydrogen) atoms. The number of nitriles is 2. The molecule has 6 aliphatic rings. The molecule has 0 amide bonds. The van der Waals surface area contributed by atoms with Gasteiger partial charge in [0.1, 0.15) is 0 Å². The summed E-state index contributed by atoms with van der Waals surface area (Å²) >= 11 is 0. The molecule has 2 fully saturated rings. The van der Waals surface area contributed by atoms with Gasteiger partial charge in [-0.1, -0.05) is 92.7 Å². The van der Waals surface area contributed by atoms with Crippen LogP contribution in [0, 0.1) is 22.7 Å². The summed E-state index contributed by atoms with van der Waals surface area (Å²) in [6.07, 6.45) is 0. The molecule has 4 bridgehead atoms. The van der Waals surface area contributed by atoms with Crippen LogP contribution in [0.4, 0.5) is 0 Å². The van der Waals surface area contributed by atoms with Crippen molar-refractivity contribution < 1.29 is 0 Å². The molecule has 11 rings (SSSR count). The fourth-order valence-corrected chi connectivity index (χ4v) is 40.6. The van der Waals surface area contributed by atoms with E-state index in [1.54, 1.807) is 10.4 Å². The minimum atomic E-state index is -1.66. The zero-order valence-electron chi connectivity index (χ0n) is 23.4. The molecule has 3 aromatic carbocycles. The highest BCUT2D eigenvalue weighted by atomic mass is 28.3. The van der Waals surface area contributed by atoms with Crippen molar-refractivity contribution in [3.8, 4) is 12.1 Å². The van der Waals surface area contributed by atoms with Gasteiger partial charge in [-0.15, -0.1) is 0 Å². The van der Waals surface area contributed by atoms with E-state index in [1.807, 2.05) is 0 Å². The second kappa shape index (κ2) is 6.78. The van der Waals surface area contributed by atoms with Crippen LogP contribution < -0.4 is 20.7 Å². The highest BCUT2D eigenvalue weighted by molar-refractivity contribution is 7.10. The summed E-state index contributed by atoms with van der Waals surface area (Å²) in [5.74, 6) is 0. The smallest absolute Gasteiger partial charge is 0.0991 e. The van der Waals surface area contributed by atoms with E-state index in [-0.39, 0.29) is 0 Å². The molecule has 0 N–H and O–H groups in total. The highest BCUT2D eigenvalue weighted by Crippen LogP contribution is 2.47. The van der Waals surface area contributed by atoms with E-state index < -0.39 is 32.3 Å². The van der Waals surface area contributed by atoms with Crippen LogP contribution >= 0.6 is 0 Å². The van der Waals surface area contributed by atoms with Crippen LogP contribution in [-0.2, 0) is 0 Å². The molecular weight excluding hydrogens is 539 g/mol. The summed E-state index contributed by atoms with van der Waals surface area (Å²) in [7, 11) is -6.58. The Morgan fingerprint density at radius 2 is 0.949 bits per heavy atom. The summed E-state index contributed by atoms with van der Waals surface area (Å²) in [6.45, 7) is 10.4. The number of hydrogen-bond donors (Lipinski definition) is 0. The summed E-state index contributed by atoms with van der Waals surface area (Å²) in [6, 6.07) is 28.1. The molecule has 8 heterocycles. The van der Waals surface area contributed by atoms with Gasteiger partial charge in [-0.2, -0.15) is 10.5 Å². The molecule has 0 atom stereocenters. The van der Waals surface area contributed by atoms with Crippen LogP contribution in [0.3, 0.4) is 0 Å². The third-order valence-corrected chi connectivity index (χ3v) is 32.7. The third kappa shape index (κ3) is 2.42. The zero-order chi connectivity index (χ0) is 26.7. The van der Waals surface area contributed by atoms with E-state index >= 15 is 0 Å². The number of benzene rings is 3. The lowest BCUT2D eigenvalue weighted by Crippen LogP contribution is -2.71. The molecule has 5 aromatic rings. The molecule has 192 valence electrons. The summed E-state index contributed by atoms with van der Waals surface area (Å²) in [5.41, 5.74) is 5.78. The number of para-hydroxylation sites is 1. The number of hydrogen-bond acceptors (Lipinski definition) is 2. The normalized spacial score (nSPS) is 32.7. The lowest BCUT2D eigenvalue weighted by atomic mass is 10.1. The summed E-state index contributed by atoms with van der Waals surface area (Å²) in [4.78, 5) is 0. The molecule has 3 nitrogen and oxygen atoms in total. The molecule has 6 aliphatic heterocycles. The van der Waals surface area contributed by atoms with Crippen molar-refractivity contribution in [2.45, 2.75) is 74.5 Å². The summed E-state index contributed by atoms with van der Waals surface area (Å²) in [5, 5.41) is 33.2. The van der Waals surface area contributed by atoms with Gasteiger partial charge in [0, 0.05) is 21.5 Å². The predicted molar refractivity (Wildman–Crippen MR) is 174 cm³/mol. The van der Waals surface area contributed by atoms with Crippen molar-refractivity contribution in [2.24, 2.45) is 0 Å². The fraction of sp³-hybridized carbons (Fsp3) is 0.375. The van der Waals surface area contributed by atoms with Gasteiger partial charge in [0.05, 0.1) is 72.1 Å². The van der Waals surface area contributed by atoms with Crippen LogP contribution in [0.25, 0.3) is 38.1 Å². The van der Waals surface area contributed by atoms with Gasteiger partial charge in [-0.05, 0) is 32.9 Å². The maximum absolute atomic E-state index is 10.5. The Hall–Kier alpha value is -2.69. The first-order valence-electron chi connectivity index (χ1n) is 14.8. The van der Waals surface area contributed by atoms with Crippen molar-refractivity contribution in [1.82, 2.24) is 4.40 Å². The monoisotopic (exact) mass is 571 g/mol. The van der Waals surface area contributed by atoms with Crippen molar-refractivity contribution in [3.05, 3.63) is 41.5 Å². The Balaban J connectivity index is 1.56. The van der Waals surface area contributed by atoms with E-state index in [1.165, 1.54) is 96.8 Å². The molecule has 0 aliphatic carbocycles. The van der Waals surface area contributed by atoms with Crippen molar-refractivity contribution in [1.29, 1.82) is 10.5 Å². The van der Waals surface area contributed by atoms with Crippen molar-refractivity contribution >= 4 is 91.1 Å². The van der Waals surface area contributed by atoms with E-state index in [0.717, 1.165) is 11.1 Å². The Morgan fingerprint density at radius 3 is 1.31 bits per heavy atom. The molecule has 2 aromatic heterocycles. The van der Waals surface area contributed by atoms with Gasteiger partial charge in [0.25, 0.3) is 0 Å². The molecule has 0 saturated carbocycles. The zero-order valence-corrected chi connectivity index (χ0v) is 27.4. The maximum Gasteiger partial charge on any atom is 0.0991 e. The molecule has 0 unspecified atom stereocenters. The quantitative estimate of drug-likeness (QED) is 0.221. The maximum atomic E-state index is 10.5. The minimum Gasteiger partial charge on any atom is -0.308 e. The minimum absolute atomic E-state index is 0.970. The molecular formula is C32H33N3Si4. The number of nitrogens with zero attached hydrogens (tertiary/aromatic N) is 3. The molecule has 0 spiro atoms. The van der Waals surface area contributed by atoms with Gasteiger partial charge < -0.3 is 4.40 Å². The molecule has 0 radical (unpaired) electrons. The van der Waals surface area contributed by atoms with E-state index in [2.05, 4.69) is 73.1 Å². The molecule has 7 heteroatoms. The third-order valence-electron chi connectivity index (χ3n) is 12.5. The SMILES string of the molecule is C[Si]12CC[Si](C)(CC1)c1c2c(C#N)cc2c1c1cccc3c4c5c(c(C#N)cc4n2c13)[Si]1(C)CC[Si]5(C)CC1. The fourth-order valence-electron chi connectivity index (χ4n) is 10.1. The first kappa shape index (κ1) is 23.1. The van der Waals surface area contributed by atoms with E-state index in [9.17, 15) is 10.5 Å². The van der Waals surface area contributed by atoms with E-state index in [4.69, 9.17) is 0 Å². The van der Waals surface area contributed by atoms with Gasteiger partial charge in [-0.3, -0.25) is 0 Å². The number of aromatic nitrogens is 1. The van der Waals surface area contributed by atoms with Crippen LogP contribution in [-0.4, -0.2) is 36.7 Å². The predicted octanol–water partition coefficient (Wildman–Crippen LogP) is 5.78. The first-order valence-corrected chi connectivity index (χ1v) is 26.5. The van der Waals surface area contributed by atoms with E-state index in [0.29, 0.717) is 0 Å². The number of rotatable bonds is 0. The second-order valence-corrected chi connectivity index (χ2v) is 33.1.